The van der Waals surface area contributed by atoms with Gasteiger partial charge in [0.25, 0.3) is 0 Å². The number of rotatable bonds is 3. The highest BCUT2D eigenvalue weighted by molar-refractivity contribution is 5.65. The summed E-state index contributed by atoms with van der Waals surface area (Å²) in [5.41, 5.74) is 0. The first-order valence-electron chi connectivity index (χ1n) is 2.41. The summed E-state index contributed by atoms with van der Waals surface area (Å²) in [6, 6.07) is 0. The average Bonchev–Trinajstić information content (AvgIpc) is 1.85. The molecule has 0 rings (SSSR count). The molecular formula is C7H7FO. The summed E-state index contributed by atoms with van der Waals surface area (Å²) in [4.78, 5) is 9.61. The molecular weight excluding hydrogens is 119 g/mol. The summed E-state index contributed by atoms with van der Waals surface area (Å²) in [5, 5.41) is 0. The number of aldehydes is 1. The first-order chi connectivity index (χ1) is 4.31. The lowest BCUT2D eigenvalue weighted by Gasteiger charge is -1.77. The summed E-state index contributed by atoms with van der Waals surface area (Å²) in [7, 11) is 0. The molecule has 0 N–H and O–H groups in total. The van der Waals surface area contributed by atoms with E-state index in [9.17, 15) is 9.18 Å². The van der Waals surface area contributed by atoms with Crippen molar-refractivity contribution in [3.63, 3.8) is 0 Å². The van der Waals surface area contributed by atoms with Crippen LogP contribution < -0.4 is 0 Å². The monoisotopic (exact) mass is 126 g/mol. The van der Waals surface area contributed by atoms with Crippen molar-refractivity contribution in [2.24, 2.45) is 0 Å². The van der Waals surface area contributed by atoms with Crippen LogP contribution in [0.5, 0.6) is 0 Å². The maximum absolute atomic E-state index is 12.1. The second-order valence-corrected chi connectivity index (χ2v) is 1.28. The molecule has 0 aromatic rings. The van der Waals surface area contributed by atoms with Gasteiger partial charge in [0.2, 0.25) is 0 Å². The Morgan fingerprint density at radius 1 is 1.56 bits per heavy atom. The van der Waals surface area contributed by atoms with Crippen LogP contribution in [0, 0.1) is 0 Å². The lowest BCUT2D eigenvalue weighted by Crippen LogP contribution is -1.63. The van der Waals surface area contributed by atoms with E-state index in [2.05, 4.69) is 6.58 Å². The minimum absolute atomic E-state index is 0.475. The first kappa shape index (κ1) is 7.82. The number of halogens is 1. The smallest absolute Gasteiger partial charge is 0.142 e. The predicted molar refractivity (Wildman–Crippen MR) is 34.6 cm³/mol. The Kier molecular flexibility index (Phi) is 4.32. The van der Waals surface area contributed by atoms with Crippen molar-refractivity contribution in [2.75, 3.05) is 0 Å². The first-order valence-corrected chi connectivity index (χ1v) is 2.41. The Balaban J connectivity index is 3.88. The molecule has 9 heavy (non-hydrogen) atoms. The number of hydrogen-bond acceptors (Lipinski definition) is 1. The molecule has 0 spiro atoms. The van der Waals surface area contributed by atoms with Gasteiger partial charge >= 0.3 is 0 Å². The third-order valence-electron chi connectivity index (χ3n) is 0.611. The Bertz CT molecular complexity index is 156. The molecule has 0 aromatic carbocycles. The van der Waals surface area contributed by atoms with Crippen LogP contribution >= 0.6 is 0 Å². The molecule has 0 amide bonds. The minimum Gasteiger partial charge on any atom is -0.299 e. The van der Waals surface area contributed by atoms with Crippen LogP contribution in [-0.4, -0.2) is 6.29 Å². The molecule has 2 heteroatoms. The van der Waals surface area contributed by atoms with Crippen molar-refractivity contribution in [1.29, 1.82) is 0 Å². The largest absolute Gasteiger partial charge is 0.299 e. The molecule has 48 valence electrons. The molecule has 0 atom stereocenters. The normalized spacial score (nSPS) is 11.9. The molecule has 0 fully saturated rings. The topological polar surface area (TPSA) is 17.1 Å². The Hall–Kier alpha value is -1.18. The van der Waals surface area contributed by atoms with Crippen LogP contribution in [0.3, 0.4) is 0 Å². The van der Waals surface area contributed by atoms with Gasteiger partial charge in [0.05, 0.1) is 0 Å². The molecule has 0 radical (unpaired) electrons. The van der Waals surface area contributed by atoms with Gasteiger partial charge in [-0.3, -0.25) is 4.79 Å². The van der Waals surface area contributed by atoms with Crippen LogP contribution in [0.1, 0.15) is 0 Å². The molecule has 1 nitrogen and oxygen atoms in total. The van der Waals surface area contributed by atoms with Gasteiger partial charge in [0.1, 0.15) is 12.1 Å². The zero-order valence-electron chi connectivity index (χ0n) is 4.88. The number of allylic oxidation sites excluding steroid dienone is 5. The SMILES string of the molecule is C=C/C=C(F)\C=C\C=O. The second-order valence-electron chi connectivity index (χ2n) is 1.28. The quantitative estimate of drug-likeness (QED) is 0.320. The highest BCUT2D eigenvalue weighted by atomic mass is 19.1. The fourth-order valence-electron chi connectivity index (χ4n) is 0.299. The van der Waals surface area contributed by atoms with E-state index in [4.69, 9.17) is 0 Å². The highest BCUT2D eigenvalue weighted by Crippen LogP contribution is 1.96. The molecule has 0 aliphatic carbocycles. The lowest BCUT2D eigenvalue weighted by atomic mass is 10.4. The fraction of sp³-hybridized carbons (Fsp3) is 0. The zero-order valence-corrected chi connectivity index (χ0v) is 4.88. The number of carbonyl (C=O) groups is 1. The van der Waals surface area contributed by atoms with E-state index in [1.807, 2.05) is 0 Å². The van der Waals surface area contributed by atoms with Gasteiger partial charge in [-0.25, -0.2) is 4.39 Å². The molecule has 0 bridgehead atoms. The standard InChI is InChI=1S/C7H7FO/c1-2-4-7(8)5-3-6-9/h2-6H,1H2/b5-3+,7-4+. The predicted octanol–water partition coefficient (Wildman–Crippen LogP) is 1.78. The molecule has 0 heterocycles. The molecule has 0 unspecified atom stereocenters. The third-order valence-corrected chi connectivity index (χ3v) is 0.611. The summed E-state index contributed by atoms with van der Waals surface area (Å²) in [6.07, 6.45) is 5.13. The van der Waals surface area contributed by atoms with E-state index < -0.39 is 5.83 Å². The molecule has 0 aromatic heterocycles. The van der Waals surface area contributed by atoms with E-state index in [0.717, 1.165) is 12.2 Å². The van der Waals surface area contributed by atoms with Crippen LogP contribution in [0.4, 0.5) is 4.39 Å². The Morgan fingerprint density at radius 3 is 2.67 bits per heavy atom. The molecule has 0 aliphatic rings. The van der Waals surface area contributed by atoms with E-state index in [1.54, 1.807) is 0 Å². The van der Waals surface area contributed by atoms with Crippen molar-refractivity contribution in [2.45, 2.75) is 0 Å². The maximum Gasteiger partial charge on any atom is 0.142 e. The van der Waals surface area contributed by atoms with Gasteiger partial charge < -0.3 is 0 Å². The van der Waals surface area contributed by atoms with E-state index in [-0.39, 0.29) is 0 Å². The van der Waals surface area contributed by atoms with Gasteiger partial charge in [-0.15, -0.1) is 0 Å². The van der Waals surface area contributed by atoms with Crippen molar-refractivity contribution in [3.05, 3.63) is 36.7 Å². The minimum atomic E-state index is -0.475. The zero-order chi connectivity index (χ0) is 7.11. The van der Waals surface area contributed by atoms with E-state index >= 15 is 0 Å². The highest BCUT2D eigenvalue weighted by Gasteiger charge is 1.79. The summed E-state index contributed by atoms with van der Waals surface area (Å²) >= 11 is 0. The Morgan fingerprint density at radius 2 is 2.22 bits per heavy atom. The van der Waals surface area contributed by atoms with Crippen molar-refractivity contribution >= 4 is 6.29 Å². The van der Waals surface area contributed by atoms with E-state index in [1.165, 1.54) is 12.2 Å². The van der Waals surface area contributed by atoms with Gasteiger partial charge in [-0.05, 0) is 18.2 Å². The summed E-state index contributed by atoms with van der Waals surface area (Å²) in [6.45, 7) is 3.27. The molecule has 0 aliphatic heterocycles. The molecule has 0 saturated carbocycles. The van der Waals surface area contributed by atoms with Gasteiger partial charge in [0.15, 0.2) is 0 Å². The third kappa shape index (κ3) is 4.68. The summed E-state index contributed by atoms with van der Waals surface area (Å²) in [5.74, 6) is -0.475. The molecule has 0 saturated heterocycles. The fourth-order valence-corrected chi connectivity index (χ4v) is 0.299. The van der Waals surface area contributed by atoms with Crippen LogP contribution in [0.15, 0.2) is 36.7 Å². The number of carbonyl (C=O) groups excluding carboxylic acids is 1. The second kappa shape index (κ2) is 4.97. The van der Waals surface area contributed by atoms with E-state index in [0.29, 0.717) is 6.29 Å². The maximum atomic E-state index is 12.1. The lowest BCUT2D eigenvalue weighted by molar-refractivity contribution is -0.104. The average molecular weight is 126 g/mol. The van der Waals surface area contributed by atoms with Crippen LogP contribution in [0.25, 0.3) is 0 Å². The van der Waals surface area contributed by atoms with Crippen molar-refractivity contribution in [1.82, 2.24) is 0 Å². The van der Waals surface area contributed by atoms with Gasteiger partial charge in [-0.1, -0.05) is 12.7 Å². The van der Waals surface area contributed by atoms with Gasteiger partial charge in [-0.2, -0.15) is 0 Å². The van der Waals surface area contributed by atoms with Crippen LogP contribution in [0.2, 0.25) is 0 Å². The van der Waals surface area contributed by atoms with Crippen molar-refractivity contribution in [3.8, 4) is 0 Å². The number of hydrogen-bond donors (Lipinski definition) is 0. The Labute approximate surface area is 53.2 Å². The van der Waals surface area contributed by atoms with Gasteiger partial charge in [0, 0.05) is 0 Å². The van der Waals surface area contributed by atoms with Crippen molar-refractivity contribution < 1.29 is 9.18 Å². The van der Waals surface area contributed by atoms with Crippen LogP contribution in [-0.2, 0) is 4.79 Å². The summed E-state index contributed by atoms with van der Waals surface area (Å²) < 4.78 is 12.1.